The highest BCUT2D eigenvalue weighted by atomic mass is 15.1. The first-order chi connectivity index (χ1) is 7.08. The van der Waals surface area contributed by atoms with Gasteiger partial charge in [-0.05, 0) is 6.92 Å². The first kappa shape index (κ1) is 10.9. The molecule has 1 aromatic heterocycles. The van der Waals surface area contributed by atoms with Gasteiger partial charge in [-0.25, -0.2) is 4.99 Å². The maximum absolute atomic E-state index is 5.41. The number of hydrogen-bond acceptors (Lipinski definition) is 3. The minimum atomic E-state index is -0.119. The summed E-state index contributed by atoms with van der Waals surface area (Å²) < 4.78 is 0. The van der Waals surface area contributed by atoms with Crippen LogP contribution in [0, 0.1) is 6.92 Å². The molecule has 0 bridgehead atoms. The van der Waals surface area contributed by atoms with Crippen molar-refractivity contribution in [3.8, 4) is 0 Å². The van der Waals surface area contributed by atoms with Crippen LogP contribution in [0.1, 0.15) is 11.4 Å². The first-order valence-corrected chi connectivity index (χ1v) is 4.25. The van der Waals surface area contributed by atoms with Crippen molar-refractivity contribution in [2.24, 2.45) is 27.2 Å². The summed E-state index contributed by atoms with van der Waals surface area (Å²) in [6.45, 7) is 2.16. The molecule has 7 nitrogen and oxygen atoms in total. The van der Waals surface area contributed by atoms with Gasteiger partial charge in [-0.2, -0.15) is 4.99 Å². The predicted molar refractivity (Wildman–Crippen MR) is 57.9 cm³/mol. The summed E-state index contributed by atoms with van der Waals surface area (Å²) in [5, 5.41) is 0. The topological polar surface area (TPSA) is 129 Å². The molecule has 0 aliphatic heterocycles. The fourth-order valence-corrected chi connectivity index (χ4v) is 0.831. The van der Waals surface area contributed by atoms with E-state index in [1.54, 1.807) is 12.4 Å². The maximum atomic E-state index is 5.41. The normalized spacial score (nSPS) is 11.1. The number of nitrogens with two attached hydrogens (primary N) is 3. The molecular formula is C8H13N7. The summed E-state index contributed by atoms with van der Waals surface area (Å²) in [4.78, 5) is 15.6. The van der Waals surface area contributed by atoms with Crippen LogP contribution in [0.25, 0.3) is 0 Å². The van der Waals surface area contributed by atoms with Crippen LogP contribution in [0.3, 0.4) is 0 Å². The van der Waals surface area contributed by atoms with E-state index in [1.165, 1.54) is 0 Å². The number of aryl methyl sites for hydroxylation is 1. The second kappa shape index (κ2) is 4.89. The van der Waals surface area contributed by atoms with Crippen molar-refractivity contribution in [1.29, 1.82) is 0 Å². The molecule has 0 fully saturated rings. The van der Waals surface area contributed by atoms with Gasteiger partial charge in [-0.15, -0.1) is 0 Å². The molecule has 0 atom stereocenters. The van der Waals surface area contributed by atoms with Crippen LogP contribution in [0.2, 0.25) is 0 Å². The van der Waals surface area contributed by atoms with E-state index in [0.717, 1.165) is 5.69 Å². The molecule has 0 saturated heterocycles. The van der Waals surface area contributed by atoms with E-state index in [2.05, 4.69) is 20.0 Å². The highest BCUT2D eigenvalue weighted by molar-refractivity contribution is 5.92. The van der Waals surface area contributed by atoms with E-state index in [1.807, 2.05) is 6.92 Å². The summed E-state index contributed by atoms with van der Waals surface area (Å²) in [6.07, 6.45) is 3.28. The Morgan fingerprint density at radius 3 is 2.53 bits per heavy atom. The third kappa shape index (κ3) is 4.03. The molecule has 1 rings (SSSR count). The first-order valence-electron chi connectivity index (χ1n) is 4.25. The van der Waals surface area contributed by atoms with E-state index in [-0.39, 0.29) is 11.9 Å². The largest absolute Gasteiger partial charge is 0.370 e. The number of rotatable bonds is 2. The summed E-state index contributed by atoms with van der Waals surface area (Å²) >= 11 is 0. The molecule has 7 heteroatoms. The van der Waals surface area contributed by atoms with Gasteiger partial charge in [0.25, 0.3) is 0 Å². The maximum Gasteiger partial charge on any atom is 0.218 e. The van der Waals surface area contributed by atoms with Crippen molar-refractivity contribution < 1.29 is 0 Å². The Bertz CT molecular complexity index is 374. The van der Waals surface area contributed by atoms with Gasteiger partial charge in [-0.3, -0.25) is 9.97 Å². The molecule has 0 radical (unpaired) electrons. The average Bonchev–Trinajstić information content (AvgIpc) is 2.16. The summed E-state index contributed by atoms with van der Waals surface area (Å²) in [7, 11) is 0. The van der Waals surface area contributed by atoms with Gasteiger partial charge in [0.15, 0.2) is 5.96 Å². The van der Waals surface area contributed by atoms with E-state index >= 15 is 0 Å². The molecule has 0 spiro atoms. The highest BCUT2D eigenvalue weighted by Crippen LogP contribution is 1.95. The van der Waals surface area contributed by atoms with Crippen molar-refractivity contribution in [2.75, 3.05) is 0 Å². The Kier molecular flexibility index (Phi) is 3.55. The van der Waals surface area contributed by atoms with Gasteiger partial charge in [-0.1, -0.05) is 0 Å². The minimum absolute atomic E-state index is 0.0253. The number of hydrogen-bond donors (Lipinski definition) is 3. The van der Waals surface area contributed by atoms with Crippen molar-refractivity contribution in [2.45, 2.75) is 13.5 Å². The highest BCUT2D eigenvalue weighted by Gasteiger charge is 1.94. The van der Waals surface area contributed by atoms with Crippen molar-refractivity contribution in [3.05, 3.63) is 23.8 Å². The summed E-state index contributed by atoms with van der Waals surface area (Å²) in [5.74, 6) is -0.0939. The zero-order valence-corrected chi connectivity index (χ0v) is 8.38. The monoisotopic (exact) mass is 207 g/mol. The van der Waals surface area contributed by atoms with Crippen LogP contribution < -0.4 is 17.2 Å². The zero-order chi connectivity index (χ0) is 11.3. The van der Waals surface area contributed by atoms with Crippen LogP contribution >= 0.6 is 0 Å². The van der Waals surface area contributed by atoms with Gasteiger partial charge in [0.2, 0.25) is 5.96 Å². The Hall–Kier alpha value is -2.18. The van der Waals surface area contributed by atoms with Crippen LogP contribution in [-0.2, 0) is 6.54 Å². The number of nitrogens with zero attached hydrogens (tertiary/aromatic N) is 4. The zero-order valence-electron chi connectivity index (χ0n) is 8.38. The fourth-order valence-electron chi connectivity index (χ4n) is 0.831. The van der Waals surface area contributed by atoms with Crippen molar-refractivity contribution in [3.63, 3.8) is 0 Å². The second-order valence-corrected chi connectivity index (χ2v) is 2.86. The Morgan fingerprint density at radius 2 is 2.00 bits per heavy atom. The molecule has 80 valence electrons. The van der Waals surface area contributed by atoms with E-state index in [9.17, 15) is 0 Å². The molecule has 0 unspecified atom stereocenters. The standard InChI is InChI=1S/C8H13N7/c1-5-2-13-6(3-12-5)4-14-8(11)15-7(9)10/h2-3H,4H2,1H3,(H6,9,10,11,14,15). The molecule has 0 saturated carbocycles. The third-order valence-electron chi connectivity index (χ3n) is 1.48. The van der Waals surface area contributed by atoms with Crippen molar-refractivity contribution in [1.82, 2.24) is 9.97 Å². The quantitative estimate of drug-likeness (QED) is 0.417. The van der Waals surface area contributed by atoms with Gasteiger partial charge >= 0.3 is 0 Å². The minimum Gasteiger partial charge on any atom is -0.370 e. The summed E-state index contributed by atoms with van der Waals surface area (Å²) in [6, 6.07) is 0. The van der Waals surface area contributed by atoms with Crippen LogP contribution in [-0.4, -0.2) is 21.9 Å². The van der Waals surface area contributed by atoms with Crippen LogP contribution in [0.5, 0.6) is 0 Å². The lowest BCUT2D eigenvalue weighted by molar-refractivity contribution is 0.942. The second-order valence-electron chi connectivity index (χ2n) is 2.86. The SMILES string of the molecule is Cc1cnc(CN=C(N)N=C(N)N)cn1. The predicted octanol–water partition coefficient (Wildman–Crippen LogP) is -1.13. The van der Waals surface area contributed by atoms with Gasteiger partial charge in [0.05, 0.1) is 24.1 Å². The van der Waals surface area contributed by atoms with Crippen LogP contribution in [0.15, 0.2) is 22.4 Å². The van der Waals surface area contributed by atoms with Gasteiger partial charge in [0.1, 0.15) is 0 Å². The fraction of sp³-hybridized carbons (Fsp3) is 0.250. The van der Waals surface area contributed by atoms with E-state index in [0.29, 0.717) is 12.2 Å². The van der Waals surface area contributed by atoms with Gasteiger partial charge in [0, 0.05) is 6.20 Å². The molecule has 0 amide bonds. The summed E-state index contributed by atoms with van der Waals surface area (Å²) in [5.41, 5.74) is 17.2. The Balaban J connectivity index is 2.64. The lowest BCUT2D eigenvalue weighted by Crippen LogP contribution is -2.26. The molecule has 0 aliphatic carbocycles. The number of aromatic nitrogens is 2. The molecule has 15 heavy (non-hydrogen) atoms. The number of aliphatic imine (C=N–C) groups is 2. The average molecular weight is 207 g/mol. The molecule has 1 aromatic rings. The Morgan fingerprint density at radius 1 is 1.27 bits per heavy atom. The molecule has 0 aromatic carbocycles. The number of guanidine groups is 2. The van der Waals surface area contributed by atoms with E-state index < -0.39 is 0 Å². The van der Waals surface area contributed by atoms with Crippen molar-refractivity contribution >= 4 is 11.9 Å². The molecule has 0 aliphatic rings. The van der Waals surface area contributed by atoms with E-state index in [4.69, 9.17) is 17.2 Å². The lowest BCUT2D eigenvalue weighted by atomic mass is 10.4. The molecule has 6 N–H and O–H groups in total. The third-order valence-corrected chi connectivity index (χ3v) is 1.48. The smallest absolute Gasteiger partial charge is 0.218 e. The van der Waals surface area contributed by atoms with Gasteiger partial charge < -0.3 is 17.2 Å². The molecule has 1 heterocycles. The lowest BCUT2D eigenvalue weighted by Gasteiger charge is -1.97. The van der Waals surface area contributed by atoms with Crippen LogP contribution in [0.4, 0.5) is 0 Å². The molecular weight excluding hydrogens is 194 g/mol. The Labute approximate surface area is 87.1 Å².